The van der Waals surface area contributed by atoms with Gasteiger partial charge in [-0.15, -0.1) is 11.3 Å². The molecule has 1 saturated carbocycles. The Morgan fingerprint density at radius 3 is 2.59 bits per heavy atom. The molecule has 1 aromatic rings. The Balaban J connectivity index is 1.91. The molecular weight excluding hydrogens is 386 g/mol. The van der Waals surface area contributed by atoms with Crippen molar-refractivity contribution in [1.29, 1.82) is 0 Å². The third-order valence-corrected chi connectivity index (χ3v) is 7.57. The van der Waals surface area contributed by atoms with Crippen molar-refractivity contribution in [1.82, 2.24) is 14.2 Å². The number of hydrogen-bond acceptors (Lipinski definition) is 7. The van der Waals surface area contributed by atoms with Crippen molar-refractivity contribution >= 4 is 33.1 Å². The molecule has 1 saturated heterocycles. The van der Waals surface area contributed by atoms with Crippen LogP contribution in [0.4, 0.5) is 0 Å². The van der Waals surface area contributed by atoms with E-state index < -0.39 is 22.0 Å². The predicted molar refractivity (Wildman–Crippen MR) is 104 cm³/mol. The number of carbonyl (C=O) groups excluding carboxylic acids is 2. The summed E-state index contributed by atoms with van der Waals surface area (Å²) in [5.74, 6) is -1.50. The molecule has 1 unspecified atom stereocenters. The number of thiazole rings is 1. The molecule has 0 bridgehead atoms. The van der Waals surface area contributed by atoms with Crippen LogP contribution in [0.5, 0.6) is 0 Å². The second-order valence-corrected chi connectivity index (χ2v) is 11.0. The smallest absolute Gasteiger partial charge is 0.240 e. The zero-order valence-corrected chi connectivity index (χ0v) is 18.0. The number of nitrogens with zero attached hydrogens (tertiary/aromatic N) is 3. The number of amides is 1. The number of fused-ring (bicyclic) bond motifs is 1. The summed E-state index contributed by atoms with van der Waals surface area (Å²) in [4.78, 5) is 32.5. The molecule has 1 aliphatic heterocycles. The standard InChI is InChI=1S/C18H27N3O4S2/c1-10(2)15-16-11(6-7-13(16)21(18(15)23)27(5,24)25)17(22)12-9-26-14(19-12)8-20(3)4/h9-11,13,15-16H,6-8H2,1-5H3/t11?,13-,15+,16-/m0/s1. The van der Waals surface area contributed by atoms with E-state index in [4.69, 9.17) is 0 Å². The lowest BCUT2D eigenvalue weighted by Crippen LogP contribution is -2.38. The predicted octanol–water partition coefficient (Wildman–Crippen LogP) is 1.86. The van der Waals surface area contributed by atoms with Crippen molar-refractivity contribution in [2.75, 3.05) is 20.4 Å². The van der Waals surface area contributed by atoms with Crippen LogP contribution in [0.2, 0.25) is 0 Å². The molecule has 0 spiro atoms. The fourth-order valence-corrected chi connectivity index (χ4v) is 6.73. The molecule has 27 heavy (non-hydrogen) atoms. The van der Waals surface area contributed by atoms with Gasteiger partial charge in [0.25, 0.3) is 0 Å². The first kappa shape index (κ1) is 20.4. The van der Waals surface area contributed by atoms with Gasteiger partial charge >= 0.3 is 0 Å². The number of Topliss-reactive ketones (excluding diaryl/α,β-unsaturated/α-hetero) is 1. The molecule has 9 heteroatoms. The van der Waals surface area contributed by atoms with E-state index in [-0.39, 0.29) is 29.4 Å². The van der Waals surface area contributed by atoms with Gasteiger partial charge in [-0.3, -0.25) is 9.59 Å². The molecular formula is C18H27N3O4S2. The zero-order chi connectivity index (χ0) is 20.1. The number of hydrogen-bond donors (Lipinski definition) is 0. The van der Waals surface area contributed by atoms with Gasteiger partial charge in [-0.1, -0.05) is 13.8 Å². The average Bonchev–Trinajstić information content (AvgIpc) is 3.18. The third-order valence-electron chi connectivity index (χ3n) is 5.57. The third kappa shape index (κ3) is 3.69. The van der Waals surface area contributed by atoms with Crippen LogP contribution in [0.15, 0.2) is 5.38 Å². The SMILES string of the molecule is CC(C)[C@H]1C(=O)N(S(C)(=O)=O)[C@H]2CCC(C(=O)c3csc(CN(C)C)n3)[C@H]12. The first-order chi connectivity index (χ1) is 12.5. The highest BCUT2D eigenvalue weighted by atomic mass is 32.2. The second kappa shape index (κ2) is 7.25. The first-order valence-electron chi connectivity index (χ1n) is 9.19. The molecule has 2 heterocycles. The van der Waals surface area contributed by atoms with Gasteiger partial charge in [-0.25, -0.2) is 17.7 Å². The molecule has 1 aliphatic carbocycles. The van der Waals surface area contributed by atoms with E-state index >= 15 is 0 Å². The summed E-state index contributed by atoms with van der Waals surface area (Å²) in [6, 6.07) is -0.409. The Kier molecular flexibility index (Phi) is 5.48. The van der Waals surface area contributed by atoms with Gasteiger partial charge in [0.2, 0.25) is 15.9 Å². The van der Waals surface area contributed by atoms with E-state index in [1.165, 1.54) is 11.3 Å². The van der Waals surface area contributed by atoms with Crippen molar-refractivity contribution in [2.24, 2.45) is 23.7 Å². The van der Waals surface area contributed by atoms with E-state index in [1.54, 1.807) is 5.38 Å². The molecule has 0 aromatic carbocycles. The van der Waals surface area contributed by atoms with Gasteiger partial charge in [0.1, 0.15) is 10.7 Å². The molecule has 0 radical (unpaired) electrons. The first-order valence-corrected chi connectivity index (χ1v) is 11.9. The number of rotatable bonds is 6. The summed E-state index contributed by atoms with van der Waals surface area (Å²) in [6.45, 7) is 4.51. The van der Waals surface area contributed by atoms with Crippen molar-refractivity contribution in [3.63, 3.8) is 0 Å². The van der Waals surface area contributed by atoms with E-state index in [2.05, 4.69) is 4.98 Å². The minimum atomic E-state index is -3.64. The summed E-state index contributed by atoms with van der Waals surface area (Å²) >= 11 is 1.46. The summed E-state index contributed by atoms with van der Waals surface area (Å²) < 4.78 is 25.5. The monoisotopic (exact) mass is 413 g/mol. The molecule has 0 N–H and O–H groups in total. The number of aromatic nitrogens is 1. The molecule has 4 atom stereocenters. The molecule has 2 aliphatic rings. The summed E-state index contributed by atoms with van der Waals surface area (Å²) in [6.07, 6.45) is 2.21. The highest BCUT2D eigenvalue weighted by molar-refractivity contribution is 7.88. The topological polar surface area (TPSA) is 87.7 Å². The Hall–Kier alpha value is -1.32. The average molecular weight is 414 g/mol. The Labute approximate surface area is 164 Å². The Morgan fingerprint density at radius 2 is 2.04 bits per heavy atom. The van der Waals surface area contributed by atoms with E-state index in [1.807, 2.05) is 32.8 Å². The normalized spacial score (nSPS) is 28.4. The quantitative estimate of drug-likeness (QED) is 0.662. The molecule has 7 nitrogen and oxygen atoms in total. The molecule has 1 amide bonds. The second-order valence-electron chi connectivity index (χ2n) is 8.22. The van der Waals surface area contributed by atoms with Crippen molar-refractivity contribution in [3.05, 3.63) is 16.1 Å². The summed E-state index contributed by atoms with van der Waals surface area (Å²) in [5.41, 5.74) is 0.440. The van der Waals surface area contributed by atoms with Crippen LogP contribution in [0.1, 0.15) is 42.2 Å². The van der Waals surface area contributed by atoms with E-state index in [9.17, 15) is 18.0 Å². The van der Waals surface area contributed by atoms with Crippen molar-refractivity contribution in [2.45, 2.75) is 39.3 Å². The maximum Gasteiger partial charge on any atom is 0.240 e. The number of carbonyl (C=O) groups is 2. The maximum absolute atomic E-state index is 13.2. The van der Waals surface area contributed by atoms with Gasteiger partial charge in [0, 0.05) is 29.7 Å². The molecule has 2 fully saturated rings. The van der Waals surface area contributed by atoms with Crippen LogP contribution in [0.3, 0.4) is 0 Å². The lowest BCUT2D eigenvalue weighted by atomic mass is 9.76. The van der Waals surface area contributed by atoms with Crippen LogP contribution < -0.4 is 0 Å². The van der Waals surface area contributed by atoms with Gasteiger partial charge in [-0.05, 0) is 32.9 Å². The van der Waals surface area contributed by atoms with Gasteiger partial charge in [0.15, 0.2) is 5.78 Å². The Morgan fingerprint density at radius 1 is 1.37 bits per heavy atom. The minimum Gasteiger partial charge on any atom is -0.303 e. The van der Waals surface area contributed by atoms with Gasteiger partial charge in [0.05, 0.1) is 12.3 Å². The van der Waals surface area contributed by atoms with Gasteiger partial charge < -0.3 is 4.90 Å². The zero-order valence-electron chi connectivity index (χ0n) is 16.4. The molecule has 150 valence electrons. The molecule has 3 rings (SSSR count). The maximum atomic E-state index is 13.2. The summed E-state index contributed by atoms with van der Waals surface area (Å²) in [7, 11) is 0.250. The lowest BCUT2D eigenvalue weighted by molar-refractivity contribution is -0.129. The summed E-state index contributed by atoms with van der Waals surface area (Å²) in [5, 5.41) is 2.66. The van der Waals surface area contributed by atoms with Crippen LogP contribution >= 0.6 is 11.3 Å². The van der Waals surface area contributed by atoms with E-state index in [0.29, 0.717) is 25.1 Å². The van der Waals surface area contributed by atoms with Crippen molar-refractivity contribution in [3.8, 4) is 0 Å². The highest BCUT2D eigenvalue weighted by Crippen LogP contribution is 2.50. The lowest BCUT2D eigenvalue weighted by Gasteiger charge is -2.24. The van der Waals surface area contributed by atoms with Crippen LogP contribution in [-0.2, 0) is 21.4 Å². The number of sulfonamides is 1. The number of ketones is 1. The minimum absolute atomic E-state index is 0.0233. The van der Waals surface area contributed by atoms with Crippen LogP contribution in [0.25, 0.3) is 0 Å². The largest absolute Gasteiger partial charge is 0.303 e. The van der Waals surface area contributed by atoms with Crippen molar-refractivity contribution < 1.29 is 18.0 Å². The fourth-order valence-electron chi connectivity index (χ4n) is 4.64. The highest BCUT2D eigenvalue weighted by Gasteiger charge is 2.59. The molecule has 1 aromatic heterocycles. The van der Waals surface area contributed by atoms with Crippen LogP contribution in [-0.4, -0.2) is 60.7 Å². The van der Waals surface area contributed by atoms with Gasteiger partial charge in [-0.2, -0.15) is 0 Å². The van der Waals surface area contributed by atoms with Crippen LogP contribution in [0, 0.1) is 23.7 Å². The van der Waals surface area contributed by atoms with E-state index in [0.717, 1.165) is 15.6 Å². The fraction of sp³-hybridized carbons (Fsp3) is 0.722. The Bertz CT molecular complexity index is 847.